The van der Waals surface area contributed by atoms with Gasteiger partial charge in [-0.05, 0) is 43.5 Å². The lowest BCUT2D eigenvalue weighted by Crippen LogP contribution is -2.44. The van der Waals surface area contributed by atoms with Crippen LogP contribution in [0.1, 0.15) is 43.6 Å². The van der Waals surface area contributed by atoms with Crippen LogP contribution in [0, 0.1) is 0 Å². The van der Waals surface area contributed by atoms with Crippen LogP contribution in [-0.4, -0.2) is 59.8 Å². The average Bonchev–Trinajstić information content (AvgIpc) is 3.16. The molecule has 3 heterocycles. The van der Waals surface area contributed by atoms with Crippen LogP contribution in [0.5, 0.6) is 5.75 Å². The van der Waals surface area contributed by atoms with E-state index >= 15 is 0 Å². The predicted molar refractivity (Wildman–Crippen MR) is 129 cm³/mol. The Bertz CT molecular complexity index is 1170. The monoisotopic (exact) mass is 435 g/mol. The summed E-state index contributed by atoms with van der Waals surface area (Å²) in [6, 6.07) is 6.18. The number of anilines is 1. The number of piperazine rings is 1. The number of likely N-dealkylation sites (N-methyl/N-ethyl adjacent to an activating group) is 1. The van der Waals surface area contributed by atoms with E-state index in [1.807, 2.05) is 17.7 Å². The first kappa shape index (κ1) is 21.1. The first-order chi connectivity index (χ1) is 15.5. The molecular weight excluding hydrogens is 402 g/mol. The van der Waals surface area contributed by atoms with Crippen molar-refractivity contribution in [1.29, 1.82) is 0 Å². The molecule has 5 rings (SSSR count). The third-order valence-corrected chi connectivity index (χ3v) is 7.21. The quantitative estimate of drug-likeness (QED) is 0.676. The standard InChI is InChI=1S/C25H33N5O2/c1-28-11-13-30(14-12-28)18-9-10-19(21(15-18)32-3)23-26-24-22(25(31)27-23)20(16-29(24)2)17-7-5-4-6-8-17/h9-10,15-17H,4-8,11-14H2,1-3H3,(H,26,27,31). The molecule has 7 heteroatoms. The fourth-order valence-electron chi connectivity index (χ4n) is 5.30. The van der Waals surface area contributed by atoms with Crippen molar-refractivity contribution >= 4 is 16.7 Å². The highest BCUT2D eigenvalue weighted by atomic mass is 16.5. The molecule has 0 spiro atoms. The van der Waals surface area contributed by atoms with Crippen molar-refractivity contribution in [2.45, 2.75) is 38.0 Å². The van der Waals surface area contributed by atoms with Crippen molar-refractivity contribution in [3.05, 3.63) is 40.3 Å². The molecule has 1 aliphatic heterocycles. The van der Waals surface area contributed by atoms with Crippen molar-refractivity contribution in [2.24, 2.45) is 7.05 Å². The Hall–Kier alpha value is -2.80. The van der Waals surface area contributed by atoms with Crippen LogP contribution in [0.4, 0.5) is 5.69 Å². The molecule has 7 nitrogen and oxygen atoms in total. The van der Waals surface area contributed by atoms with E-state index in [4.69, 9.17) is 9.72 Å². The maximum Gasteiger partial charge on any atom is 0.260 e. The minimum absolute atomic E-state index is 0.0589. The first-order valence-electron chi connectivity index (χ1n) is 11.8. The number of aromatic nitrogens is 3. The second-order valence-corrected chi connectivity index (χ2v) is 9.32. The molecule has 2 fully saturated rings. The first-order valence-corrected chi connectivity index (χ1v) is 11.8. The molecule has 0 atom stereocenters. The third kappa shape index (κ3) is 3.79. The maximum atomic E-state index is 13.2. The lowest BCUT2D eigenvalue weighted by molar-refractivity contribution is 0.312. The van der Waals surface area contributed by atoms with Crippen LogP contribution in [0.2, 0.25) is 0 Å². The Morgan fingerprint density at radius 1 is 1.06 bits per heavy atom. The lowest BCUT2D eigenvalue weighted by atomic mass is 9.84. The summed E-state index contributed by atoms with van der Waals surface area (Å²) in [5, 5.41) is 0.746. The van der Waals surface area contributed by atoms with Crippen LogP contribution in [-0.2, 0) is 7.05 Å². The number of benzene rings is 1. The van der Waals surface area contributed by atoms with Crippen LogP contribution >= 0.6 is 0 Å². The van der Waals surface area contributed by atoms with Gasteiger partial charge >= 0.3 is 0 Å². The minimum atomic E-state index is -0.0589. The number of aromatic amines is 1. The van der Waals surface area contributed by atoms with Crippen LogP contribution in [0.3, 0.4) is 0 Å². The fourth-order valence-corrected chi connectivity index (χ4v) is 5.30. The second kappa shape index (κ2) is 8.62. The molecule has 1 aromatic carbocycles. The number of fused-ring (bicyclic) bond motifs is 1. The van der Waals surface area contributed by atoms with Crippen molar-refractivity contribution in [1.82, 2.24) is 19.4 Å². The van der Waals surface area contributed by atoms with E-state index < -0.39 is 0 Å². The molecular formula is C25H33N5O2. The number of hydrogen-bond donors (Lipinski definition) is 1. The number of rotatable bonds is 4. The van der Waals surface area contributed by atoms with Crippen LogP contribution < -0.4 is 15.2 Å². The minimum Gasteiger partial charge on any atom is -0.496 e. The number of aryl methyl sites for hydroxylation is 1. The number of methoxy groups -OCH3 is 1. The van der Waals surface area contributed by atoms with Crippen LogP contribution in [0.15, 0.2) is 29.2 Å². The van der Waals surface area contributed by atoms with Gasteiger partial charge in [0.25, 0.3) is 5.56 Å². The van der Waals surface area contributed by atoms with Gasteiger partial charge in [0.1, 0.15) is 17.2 Å². The van der Waals surface area contributed by atoms with Gasteiger partial charge in [-0.3, -0.25) is 4.79 Å². The van der Waals surface area contributed by atoms with Gasteiger partial charge in [-0.25, -0.2) is 4.98 Å². The number of hydrogen-bond acceptors (Lipinski definition) is 5. The van der Waals surface area contributed by atoms with Gasteiger partial charge < -0.3 is 24.1 Å². The molecule has 1 aliphatic carbocycles. The third-order valence-electron chi connectivity index (χ3n) is 7.21. The lowest BCUT2D eigenvalue weighted by Gasteiger charge is -2.34. The molecule has 0 amide bonds. The molecule has 1 saturated heterocycles. The summed E-state index contributed by atoms with van der Waals surface area (Å²) < 4.78 is 7.73. The van der Waals surface area contributed by atoms with Gasteiger partial charge in [0.2, 0.25) is 0 Å². The molecule has 2 aromatic heterocycles. The van der Waals surface area contributed by atoms with E-state index in [1.165, 1.54) is 19.3 Å². The van der Waals surface area contributed by atoms with Gasteiger partial charge in [-0.15, -0.1) is 0 Å². The van der Waals surface area contributed by atoms with Crippen molar-refractivity contribution in [2.75, 3.05) is 45.2 Å². The summed E-state index contributed by atoms with van der Waals surface area (Å²) in [5.41, 5.74) is 3.79. The van der Waals surface area contributed by atoms with Gasteiger partial charge in [-0.1, -0.05) is 19.3 Å². The van der Waals surface area contributed by atoms with E-state index in [0.29, 0.717) is 11.7 Å². The zero-order chi connectivity index (χ0) is 22.2. The van der Waals surface area contributed by atoms with Gasteiger partial charge in [0.05, 0.1) is 18.1 Å². The van der Waals surface area contributed by atoms with Gasteiger partial charge in [-0.2, -0.15) is 0 Å². The zero-order valence-electron chi connectivity index (χ0n) is 19.4. The van der Waals surface area contributed by atoms with E-state index in [0.717, 1.165) is 72.6 Å². The van der Waals surface area contributed by atoms with E-state index in [2.05, 4.69) is 40.2 Å². The van der Waals surface area contributed by atoms with Crippen molar-refractivity contribution in [3.63, 3.8) is 0 Å². The fraction of sp³-hybridized carbons (Fsp3) is 0.520. The number of H-pyrrole nitrogens is 1. The molecule has 0 bridgehead atoms. The highest BCUT2D eigenvalue weighted by Crippen LogP contribution is 2.37. The normalized spacial score (nSPS) is 18.4. The average molecular weight is 436 g/mol. The maximum absolute atomic E-state index is 13.2. The Balaban J connectivity index is 1.53. The summed E-state index contributed by atoms with van der Waals surface area (Å²) in [4.78, 5) is 25.9. The van der Waals surface area contributed by atoms with E-state index in [-0.39, 0.29) is 5.56 Å². The smallest absolute Gasteiger partial charge is 0.260 e. The Morgan fingerprint density at radius 3 is 2.53 bits per heavy atom. The predicted octanol–water partition coefficient (Wildman–Crippen LogP) is 3.74. The van der Waals surface area contributed by atoms with E-state index in [1.54, 1.807) is 7.11 Å². The molecule has 1 N–H and O–H groups in total. The van der Waals surface area contributed by atoms with Crippen molar-refractivity contribution < 1.29 is 4.74 Å². The Morgan fingerprint density at radius 2 is 1.81 bits per heavy atom. The van der Waals surface area contributed by atoms with Gasteiger partial charge in [0.15, 0.2) is 0 Å². The number of nitrogens with one attached hydrogen (secondary N) is 1. The molecule has 2 aliphatic rings. The summed E-state index contributed by atoms with van der Waals surface area (Å²) in [6.45, 7) is 4.08. The highest BCUT2D eigenvalue weighted by molar-refractivity contribution is 5.82. The van der Waals surface area contributed by atoms with Crippen LogP contribution in [0.25, 0.3) is 22.4 Å². The summed E-state index contributed by atoms with van der Waals surface area (Å²) in [6.07, 6.45) is 8.19. The zero-order valence-corrected chi connectivity index (χ0v) is 19.4. The number of nitrogens with zero attached hydrogens (tertiary/aromatic N) is 4. The SMILES string of the molecule is COc1cc(N2CCN(C)CC2)ccc1-c1nc2c(c(C3CCCCC3)cn2C)c(=O)[nH]1. The van der Waals surface area contributed by atoms with E-state index in [9.17, 15) is 4.79 Å². The molecule has 0 unspecified atom stereocenters. The van der Waals surface area contributed by atoms with Gasteiger partial charge in [0, 0.05) is 51.2 Å². The topological polar surface area (TPSA) is 66.4 Å². The highest BCUT2D eigenvalue weighted by Gasteiger charge is 2.24. The molecule has 170 valence electrons. The Labute approximate surface area is 189 Å². The van der Waals surface area contributed by atoms with Crippen molar-refractivity contribution in [3.8, 4) is 17.1 Å². The summed E-state index contributed by atoms with van der Waals surface area (Å²) >= 11 is 0. The molecule has 32 heavy (non-hydrogen) atoms. The molecule has 0 radical (unpaired) electrons. The summed E-state index contributed by atoms with van der Waals surface area (Å²) in [7, 11) is 5.81. The largest absolute Gasteiger partial charge is 0.496 e. The Kier molecular flexibility index (Phi) is 5.67. The summed E-state index contributed by atoms with van der Waals surface area (Å²) in [5.74, 6) is 1.74. The second-order valence-electron chi connectivity index (χ2n) is 9.32. The molecule has 3 aromatic rings. The number of ether oxygens (including phenoxy) is 1. The molecule has 1 saturated carbocycles.